The number of aliphatic carboxylic acids is 2. The molecule has 0 aliphatic carbocycles. The zero-order valence-corrected chi connectivity index (χ0v) is 31.1. The van der Waals surface area contributed by atoms with Crippen LogP contribution in [-0.2, 0) is 44.1 Å². The highest BCUT2D eigenvalue weighted by atomic mass is 16.4. The number of phenolic OH excluding ortho intramolecular Hbond substituents is 2. The van der Waals surface area contributed by atoms with E-state index in [1.165, 1.54) is 0 Å². The van der Waals surface area contributed by atoms with Crippen LogP contribution in [0.3, 0.4) is 0 Å². The second-order valence-electron chi connectivity index (χ2n) is 17.7. The molecular formula is C40H62O6. The Morgan fingerprint density at radius 2 is 0.870 bits per heavy atom. The zero-order valence-electron chi connectivity index (χ0n) is 31.1. The van der Waals surface area contributed by atoms with E-state index >= 15 is 0 Å². The number of phenols is 2. The summed E-state index contributed by atoms with van der Waals surface area (Å²) in [6.07, 6.45) is 2.46. The number of carboxylic acid groups (broad SMARTS) is 2. The topological polar surface area (TPSA) is 115 Å². The summed E-state index contributed by atoms with van der Waals surface area (Å²) in [5.41, 5.74) is 1.81. The molecule has 0 aromatic heterocycles. The number of aromatic hydroxyl groups is 2. The molecule has 0 saturated carbocycles. The molecule has 0 radical (unpaired) electrons. The van der Waals surface area contributed by atoms with Crippen molar-refractivity contribution in [2.45, 2.75) is 151 Å². The Balaban J connectivity index is 3.16. The Morgan fingerprint density at radius 3 is 1.07 bits per heavy atom. The molecule has 2 rings (SSSR count). The Morgan fingerprint density at radius 1 is 0.587 bits per heavy atom. The summed E-state index contributed by atoms with van der Waals surface area (Å²) < 4.78 is 0. The van der Waals surface area contributed by atoms with Gasteiger partial charge in [0.05, 0.1) is 0 Å². The van der Waals surface area contributed by atoms with Crippen LogP contribution < -0.4 is 0 Å². The molecule has 0 heterocycles. The monoisotopic (exact) mass is 638 g/mol. The lowest BCUT2D eigenvalue weighted by atomic mass is 9.58. The molecule has 0 amide bonds. The average molecular weight is 639 g/mol. The van der Waals surface area contributed by atoms with Gasteiger partial charge in [-0.05, 0) is 73.8 Å². The Kier molecular flexibility index (Phi) is 11.6. The number of carboxylic acids is 2. The maximum atomic E-state index is 13.1. The molecule has 46 heavy (non-hydrogen) atoms. The minimum absolute atomic E-state index is 0.206. The molecular weight excluding hydrogens is 576 g/mol. The standard InChI is InChI=1S/C40H62O6/c1-15-17-26(16-2)40(31(34(43)44)35(45)46,22-24-18-27(36(3,4)5)32(41)28(19-24)37(6,7)8)23-25-20-29(38(9,10)11)33(42)30(21-25)39(12,13)14/h18-21,26,31,41-42H,15-17,22-23H2,1-14H3,(H,43,44)(H,45,46). The molecule has 0 aliphatic heterocycles. The predicted octanol–water partition coefficient (Wildman–Crippen LogP) is 9.67. The van der Waals surface area contributed by atoms with E-state index in [-0.39, 0.29) is 30.3 Å². The maximum Gasteiger partial charge on any atom is 0.318 e. The fraction of sp³-hybridized carbons (Fsp3) is 0.650. The van der Waals surface area contributed by atoms with Crippen LogP contribution in [0.25, 0.3) is 0 Å². The Bertz CT molecular complexity index is 1240. The van der Waals surface area contributed by atoms with Gasteiger partial charge in [-0.3, -0.25) is 9.59 Å². The lowest BCUT2D eigenvalue weighted by Gasteiger charge is -2.44. The van der Waals surface area contributed by atoms with E-state index in [0.717, 1.165) is 39.8 Å². The van der Waals surface area contributed by atoms with Crippen molar-refractivity contribution in [3.8, 4) is 11.5 Å². The molecule has 0 aliphatic rings. The fourth-order valence-corrected chi connectivity index (χ4v) is 7.27. The molecule has 6 nitrogen and oxygen atoms in total. The van der Waals surface area contributed by atoms with Crippen LogP contribution in [0.5, 0.6) is 11.5 Å². The van der Waals surface area contributed by atoms with E-state index in [1.54, 1.807) is 0 Å². The van der Waals surface area contributed by atoms with Gasteiger partial charge >= 0.3 is 11.9 Å². The number of hydrogen-bond acceptors (Lipinski definition) is 4. The largest absolute Gasteiger partial charge is 0.507 e. The molecule has 1 atom stereocenters. The van der Waals surface area contributed by atoms with Crippen molar-refractivity contribution in [2.75, 3.05) is 0 Å². The van der Waals surface area contributed by atoms with Gasteiger partial charge in [0, 0.05) is 5.41 Å². The van der Waals surface area contributed by atoms with Gasteiger partial charge in [0.15, 0.2) is 5.92 Å². The Labute approximate surface area is 278 Å². The first-order valence-corrected chi connectivity index (χ1v) is 16.9. The van der Waals surface area contributed by atoms with E-state index < -0.39 is 44.9 Å². The molecule has 6 heteroatoms. The number of carbonyl (C=O) groups is 2. The van der Waals surface area contributed by atoms with Gasteiger partial charge in [0.1, 0.15) is 11.5 Å². The summed E-state index contributed by atoms with van der Waals surface area (Å²) in [6, 6.07) is 7.82. The quantitative estimate of drug-likeness (QED) is 0.182. The summed E-state index contributed by atoms with van der Waals surface area (Å²) in [7, 11) is 0. The van der Waals surface area contributed by atoms with Crippen molar-refractivity contribution in [1.29, 1.82) is 0 Å². The van der Waals surface area contributed by atoms with Crippen LogP contribution in [0.1, 0.15) is 150 Å². The zero-order chi connectivity index (χ0) is 35.8. The van der Waals surface area contributed by atoms with Gasteiger partial charge in [-0.2, -0.15) is 0 Å². The first-order chi connectivity index (χ1) is 20.7. The van der Waals surface area contributed by atoms with Crippen LogP contribution in [-0.4, -0.2) is 32.4 Å². The van der Waals surface area contributed by atoms with Crippen LogP contribution in [0, 0.1) is 17.3 Å². The van der Waals surface area contributed by atoms with Gasteiger partial charge in [0.2, 0.25) is 0 Å². The second kappa shape index (κ2) is 13.6. The molecule has 0 fully saturated rings. The van der Waals surface area contributed by atoms with Crippen LogP contribution in [0.15, 0.2) is 24.3 Å². The molecule has 258 valence electrons. The summed E-state index contributed by atoms with van der Waals surface area (Å²) in [6.45, 7) is 28.5. The lowest BCUT2D eigenvalue weighted by molar-refractivity contribution is -0.164. The second-order valence-corrected chi connectivity index (χ2v) is 17.7. The van der Waals surface area contributed by atoms with Gasteiger partial charge in [0.25, 0.3) is 0 Å². The smallest absolute Gasteiger partial charge is 0.318 e. The van der Waals surface area contributed by atoms with Crippen molar-refractivity contribution < 1.29 is 30.0 Å². The number of rotatable bonds is 11. The van der Waals surface area contributed by atoms with Crippen molar-refractivity contribution in [3.63, 3.8) is 0 Å². The third-order valence-electron chi connectivity index (χ3n) is 9.65. The average Bonchev–Trinajstić information content (AvgIpc) is 2.85. The third-order valence-corrected chi connectivity index (χ3v) is 9.65. The van der Waals surface area contributed by atoms with Crippen LogP contribution in [0.2, 0.25) is 0 Å². The van der Waals surface area contributed by atoms with Gasteiger partial charge in [-0.1, -0.05) is 140 Å². The molecule has 2 aromatic rings. The minimum Gasteiger partial charge on any atom is -0.507 e. The Hall–Kier alpha value is -3.02. The van der Waals surface area contributed by atoms with Crippen LogP contribution >= 0.6 is 0 Å². The summed E-state index contributed by atoms with van der Waals surface area (Å²) in [4.78, 5) is 26.3. The summed E-state index contributed by atoms with van der Waals surface area (Å²) >= 11 is 0. The molecule has 4 N–H and O–H groups in total. The highest BCUT2D eigenvalue weighted by Gasteiger charge is 2.52. The predicted molar refractivity (Wildman–Crippen MR) is 188 cm³/mol. The van der Waals surface area contributed by atoms with Crippen molar-refractivity contribution in [2.24, 2.45) is 17.3 Å². The highest BCUT2D eigenvalue weighted by molar-refractivity contribution is 5.94. The van der Waals surface area contributed by atoms with Crippen molar-refractivity contribution in [1.82, 2.24) is 0 Å². The first kappa shape index (κ1) is 39.2. The maximum absolute atomic E-state index is 13.1. The SMILES string of the molecule is CCCC(CC)C(Cc1cc(C(C)(C)C)c(O)c(C(C)(C)C)c1)(Cc1cc(C(C)(C)C)c(O)c(C(C)(C)C)c1)C(C(=O)O)C(=O)O. The van der Waals surface area contributed by atoms with Gasteiger partial charge < -0.3 is 20.4 Å². The van der Waals surface area contributed by atoms with Crippen molar-refractivity contribution in [3.05, 3.63) is 57.6 Å². The van der Waals surface area contributed by atoms with Gasteiger partial charge in [-0.25, -0.2) is 0 Å². The van der Waals surface area contributed by atoms with Crippen LogP contribution in [0.4, 0.5) is 0 Å². The number of benzene rings is 2. The highest BCUT2D eigenvalue weighted by Crippen LogP contribution is 2.50. The lowest BCUT2D eigenvalue weighted by Crippen LogP contribution is -2.49. The van der Waals surface area contributed by atoms with E-state index in [1.807, 2.05) is 114 Å². The summed E-state index contributed by atoms with van der Waals surface area (Å²) in [5.74, 6) is -4.15. The third kappa shape index (κ3) is 8.46. The van der Waals surface area contributed by atoms with Gasteiger partial charge in [-0.15, -0.1) is 0 Å². The molecule has 0 bridgehead atoms. The first-order valence-electron chi connectivity index (χ1n) is 16.9. The minimum atomic E-state index is -1.68. The van der Waals surface area contributed by atoms with Crippen molar-refractivity contribution >= 4 is 11.9 Å². The fourth-order valence-electron chi connectivity index (χ4n) is 7.27. The van der Waals surface area contributed by atoms with E-state index in [2.05, 4.69) is 6.92 Å². The van der Waals surface area contributed by atoms with E-state index in [4.69, 9.17) is 0 Å². The van der Waals surface area contributed by atoms with E-state index in [0.29, 0.717) is 12.8 Å². The van der Waals surface area contributed by atoms with E-state index in [9.17, 15) is 30.0 Å². The summed E-state index contributed by atoms with van der Waals surface area (Å²) in [5, 5.41) is 44.4. The normalized spacial score (nSPS) is 14.1. The molecule has 0 saturated heterocycles. The number of hydrogen-bond donors (Lipinski definition) is 4. The molecule has 2 aromatic carbocycles. The molecule has 0 spiro atoms. The molecule has 1 unspecified atom stereocenters.